The molecule has 100 valence electrons. The van der Waals surface area contributed by atoms with Crippen LogP contribution in [0.15, 0.2) is 24.4 Å². The van der Waals surface area contributed by atoms with Crippen LogP contribution in [0.25, 0.3) is 0 Å². The Bertz CT molecular complexity index is 613. The lowest BCUT2D eigenvalue weighted by molar-refractivity contribution is 0.415. The number of aryl methyl sites for hydroxylation is 2. The Kier molecular flexibility index (Phi) is 4.05. The number of halogens is 2. The number of benzene rings is 1. The van der Waals surface area contributed by atoms with E-state index in [2.05, 4.69) is 4.98 Å². The molecule has 0 saturated heterocycles. The topological polar surface area (TPSA) is 22.1 Å². The van der Waals surface area contributed by atoms with Gasteiger partial charge in [0.1, 0.15) is 5.75 Å². The fourth-order valence-electron chi connectivity index (χ4n) is 1.82. The quantitative estimate of drug-likeness (QED) is 0.761. The van der Waals surface area contributed by atoms with E-state index in [9.17, 15) is 4.39 Å². The number of hydrogen-bond donors (Lipinski definition) is 0. The third kappa shape index (κ3) is 2.71. The van der Waals surface area contributed by atoms with Crippen LogP contribution in [0, 0.1) is 26.6 Å². The van der Waals surface area contributed by atoms with Gasteiger partial charge in [0, 0.05) is 11.8 Å². The van der Waals surface area contributed by atoms with Gasteiger partial charge in [-0.1, -0.05) is 12.1 Å². The van der Waals surface area contributed by atoms with Crippen molar-refractivity contribution in [2.24, 2.45) is 0 Å². The minimum Gasteiger partial charge on any atom is -0.436 e. The summed E-state index contributed by atoms with van der Waals surface area (Å²) >= 11 is 5.67. The lowest BCUT2D eigenvalue weighted by Crippen LogP contribution is -1.99. The molecule has 0 spiro atoms. The number of pyridine rings is 1. The number of ether oxygens (including phenoxy) is 1. The molecule has 0 aliphatic carbocycles. The van der Waals surface area contributed by atoms with Gasteiger partial charge in [0.25, 0.3) is 5.88 Å². The van der Waals surface area contributed by atoms with Crippen LogP contribution in [0.1, 0.15) is 22.3 Å². The summed E-state index contributed by atoms with van der Waals surface area (Å²) in [6, 6.07) is 5.50. The standard InChI is InChI=1S/C15H15ClFNO/c1-9-4-5-10(2)14(11(9)3)19-15-13(17)12(8-16)6-7-18-15/h4-7H,8H2,1-3H3. The average Bonchev–Trinajstić information content (AvgIpc) is 2.41. The van der Waals surface area contributed by atoms with Crippen LogP contribution >= 0.6 is 11.6 Å². The number of rotatable bonds is 3. The van der Waals surface area contributed by atoms with Gasteiger partial charge >= 0.3 is 0 Å². The maximum atomic E-state index is 14.1. The molecular formula is C15H15ClFNO. The van der Waals surface area contributed by atoms with E-state index in [1.54, 1.807) is 6.07 Å². The summed E-state index contributed by atoms with van der Waals surface area (Å²) in [5.41, 5.74) is 3.40. The Labute approximate surface area is 117 Å². The van der Waals surface area contributed by atoms with Gasteiger partial charge in [0.15, 0.2) is 5.82 Å². The number of hydrogen-bond acceptors (Lipinski definition) is 2. The lowest BCUT2D eigenvalue weighted by atomic mass is 10.1. The van der Waals surface area contributed by atoms with Crippen molar-refractivity contribution < 1.29 is 9.13 Å². The minimum absolute atomic E-state index is 0.0325. The molecule has 1 aromatic carbocycles. The van der Waals surface area contributed by atoms with Gasteiger partial charge in [0.2, 0.25) is 0 Å². The molecule has 19 heavy (non-hydrogen) atoms. The summed E-state index contributed by atoms with van der Waals surface area (Å²) < 4.78 is 19.7. The molecule has 0 N–H and O–H groups in total. The maximum Gasteiger partial charge on any atom is 0.256 e. The van der Waals surface area contributed by atoms with Crippen molar-refractivity contribution in [2.45, 2.75) is 26.7 Å². The van der Waals surface area contributed by atoms with E-state index in [0.29, 0.717) is 11.3 Å². The molecule has 0 aliphatic rings. The van der Waals surface area contributed by atoms with Crippen molar-refractivity contribution in [3.05, 3.63) is 52.5 Å². The molecule has 0 amide bonds. The predicted molar refractivity (Wildman–Crippen MR) is 74.5 cm³/mol. The lowest BCUT2D eigenvalue weighted by Gasteiger charge is -2.13. The smallest absolute Gasteiger partial charge is 0.256 e. The van der Waals surface area contributed by atoms with Crippen molar-refractivity contribution in [2.75, 3.05) is 0 Å². The molecule has 1 aromatic heterocycles. The highest BCUT2D eigenvalue weighted by molar-refractivity contribution is 6.17. The Morgan fingerprint density at radius 2 is 1.84 bits per heavy atom. The van der Waals surface area contributed by atoms with Gasteiger partial charge in [-0.2, -0.15) is 0 Å². The molecule has 0 aliphatic heterocycles. The van der Waals surface area contributed by atoms with Crippen molar-refractivity contribution in [1.82, 2.24) is 4.98 Å². The fraction of sp³-hybridized carbons (Fsp3) is 0.267. The Balaban J connectivity index is 2.45. The van der Waals surface area contributed by atoms with E-state index in [0.717, 1.165) is 16.7 Å². The molecule has 0 radical (unpaired) electrons. The van der Waals surface area contributed by atoms with E-state index in [1.165, 1.54) is 6.20 Å². The van der Waals surface area contributed by atoms with Crippen LogP contribution in [0.3, 0.4) is 0 Å². The number of nitrogens with zero attached hydrogens (tertiary/aromatic N) is 1. The summed E-state index contributed by atoms with van der Waals surface area (Å²) in [7, 11) is 0. The molecule has 2 nitrogen and oxygen atoms in total. The first kappa shape index (κ1) is 13.8. The normalized spacial score (nSPS) is 10.6. The van der Waals surface area contributed by atoms with E-state index >= 15 is 0 Å². The van der Waals surface area contributed by atoms with E-state index in [1.807, 2.05) is 32.9 Å². The first-order valence-electron chi connectivity index (χ1n) is 5.98. The van der Waals surface area contributed by atoms with Crippen molar-refractivity contribution >= 4 is 11.6 Å². The number of aromatic nitrogens is 1. The first-order chi connectivity index (χ1) is 9.04. The molecule has 0 saturated carbocycles. The Morgan fingerprint density at radius 3 is 2.53 bits per heavy atom. The monoisotopic (exact) mass is 279 g/mol. The Morgan fingerprint density at radius 1 is 1.16 bits per heavy atom. The van der Waals surface area contributed by atoms with Crippen molar-refractivity contribution in [3.63, 3.8) is 0 Å². The predicted octanol–water partition coefficient (Wildman–Crippen LogP) is 4.68. The second-order valence-corrected chi connectivity index (χ2v) is 4.75. The van der Waals surface area contributed by atoms with Crippen molar-refractivity contribution in [3.8, 4) is 11.6 Å². The van der Waals surface area contributed by atoms with Gasteiger partial charge in [0.05, 0.1) is 5.88 Å². The van der Waals surface area contributed by atoms with E-state index in [-0.39, 0.29) is 11.8 Å². The summed E-state index contributed by atoms with van der Waals surface area (Å²) in [5.74, 6) is 0.210. The van der Waals surface area contributed by atoms with Crippen LogP contribution < -0.4 is 4.74 Å². The fourth-order valence-corrected chi connectivity index (χ4v) is 2.02. The largest absolute Gasteiger partial charge is 0.436 e. The summed E-state index contributed by atoms with van der Waals surface area (Å²) in [4.78, 5) is 3.94. The first-order valence-corrected chi connectivity index (χ1v) is 6.52. The molecule has 2 aromatic rings. The van der Waals surface area contributed by atoms with Gasteiger partial charge in [-0.15, -0.1) is 11.6 Å². The minimum atomic E-state index is -0.502. The highest BCUT2D eigenvalue weighted by atomic mass is 35.5. The number of alkyl halides is 1. The van der Waals surface area contributed by atoms with E-state index < -0.39 is 5.82 Å². The molecule has 0 unspecified atom stereocenters. The van der Waals surface area contributed by atoms with Crippen molar-refractivity contribution in [1.29, 1.82) is 0 Å². The second-order valence-electron chi connectivity index (χ2n) is 4.48. The van der Waals surface area contributed by atoms with Crippen LogP contribution in [0.2, 0.25) is 0 Å². The second kappa shape index (κ2) is 5.57. The summed E-state index contributed by atoms with van der Waals surface area (Å²) in [5, 5.41) is 0. The molecule has 2 rings (SSSR count). The van der Waals surface area contributed by atoms with Crippen LogP contribution in [0.5, 0.6) is 11.6 Å². The van der Waals surface area contributed by atoms with Gasteiger partial charge < -0.3 is 4.74 Å². The SMILES string of the molecule is Cc1ccc(C)c(Oc2nccc(CCl)c2F)c1C. The average molecular weight is 280 g/mol. The Hall–Kier alpha value is -1.61. The molecule has 4 heteroatoms. The zero-order chi connectivity index (χ0) is 14.0. The van der Waals surface area contributed by atoms with Gasteiger partial charge in [-0.05, 0) is 43.5 Å². The molecule has 0 atom stereocenters. The third-order valence-corrected chi connectivity index (χ3v) is 3.44. The maximum absolute atomic E-state index is 14.1. The molecule has 1 heterocycles. The van der Waals surface area contributed by atoms with E-state index in [4.69, 9.17) is 16.3 Å². The molecule has 0 fully saturated rings. The van der Waals surface area contributed by atoms with Gasteiger partial charge in [-0.3, -0.25) is 0 Å². The van der Waals surface area contributed by atoms with Gasteiger partial charge in [-0.25, -0.2) is 9.37 Å². The summed E-state index contributed by atoms with van der Waals surface area (Å²) in [6.07, 6.45) is 1.50. The highest BCUT2D eigenvalue weighted by Gasteiger charge is 2.14. The van der Waals surface area contributed by atoms with Crippen LogP contribution in [-0.4, -0.2) is 4.98 Å². The zero-order valence-corrected chi connectivity index (χ0v) is 11.9. The zero-order valence-electron chi connectivity index (χ0n) is 11.1. The third-order valence-electron chi connectivity index (χ3n) is 3.15. The van der Waals surface area contributed by atoms with Crippen LogP contribution in [0.4, 0.5) is 4.39 Å². The summed E-state index contributed by atoms with van der Waals surface area (Å²) in [6.45, 7) is 5.85. The van der Waals surface area contributed by atoms with Crippen LogP contribution in [-0.2, 0) is 5.88 Å². The highest BCUT2D eigenvalue weighted by Crippen LogP contribution is 2.31. The molecule has 0 bridgehead atoms. The molecular weight excluding hydrogens is 265 g/mol.